The average Bonchev–Trinajstić information content (AvgIpc) is 3.31. The Kier molecular flexibility index (Phi) is 6.70. The third-order valence-corrected chi connectivity index (χ3v) is 7.43. The molecule has 174 valence electrons. The fourth-order valence-electron chi connectivity index (χ4n) is 4.72. The maximum Gasteiger partial charge on any atom is 0.255 e. The van der Waals surface area contributed by atoms with E-state index in [1.54, 1.807) is 0 Å². The Hall–Kier alpha value is -3.09. The van der Waals surface area contributed by atoms with Gasteiger partial charge in [0.15, 0.2) is 0 Å². The van der Waals surface area contributed by atoms with Gasteiger partial charge in [-0.15, -0.1) is 11.8 Å². The number of ether oxygens (including phenoxy) is 1. The van der Waals surface area contributed by atoms with E-state index in [9.17, 15) is 9.59 Å². The number of carbonyl (C=O) groups is 2. The van der Waals surface area contributed by atoms with E-state index in [2.05, 4.69) is 6.07 Å². The molecular weight excluding hydrogens is 444 g/mol. The molecule has 2 atom stereocenters. The Labute approximate surface area is 204 Å². The van der Waals surface area contributed by atoms with Crippen LogP contribution in [0.3, 0.4) is 0 Å². The van der Waals surface area contributed by atoms with Gasteiger partial charge in [-0.2, -0.15) is 0 Å². The Morgan fingerprint density at radius 3 is 2.53 bits per heavy atom. The largest absolute Gasteiger partial charge is 0.367 e. The van der Waals surface area contributed by atoms with Crippen LogP contribution >= 0.6 is 11.8 Å². The molecule has 3 aromatic rings. The quantitative estimate of drug-likeness (QED) is 0.492. The number of thioether (sulfide) groups is 1. The first kappa shape index (κ1) is 22.7. The van der Waals surface area contributed by atoms with Gasteiger partial charge in [0.25, 0.3) is 5.91 Å². The molecule has 0 radical (unpaired) electrons. The van der Waals surface area contributed by atoms with E-state index in [0.29, 0.717) is 31.0 Å². The van der Waals surface area contributed by atoms with Crippen molar-refractivity contribution in [3.8, 4) is 0 Å². The van der Waals surface area contributed by atoms with Crippen molar-refractivity contribution >= 4 is 29.3 Å². The number of nitrogens with zero attached hydrogens (tertiary/aromatic N) is 2. The van der Waals surface area contributed by atoms with Crippen LogP contribution in [0.5, 0.6) is 0 Å². The van der Waals surface area contributed by atoms with Crippen LogP contribution in [0, 0.1) is 0 Å². The summed E-state index contributed by atoms with van der Waals surface area (Å²) in [6.45, 7) is 3.77. The number of para-hydroxylation sites is 1. The molecule has 0 N–H and O–H groups in total. The summed E-state index contributed by atoms with van der Waals surface area (Å²) in [6.07, 6.45) is 0.685. The minimum absolute atomic E-state index is 0.0156. The van der Waals surface area contributed by atoms with E-state index in [0.717, 1.165) is 22.6 Å². The molecule has 2 amide bonds. The first-order valence-corrected chi connectivity index (χ1v) is 12.7. The van der Waals surface area contributed by atoms with Crippen LogP contribution in [0.25, 0.3) is 0 Å². The van der Waals surface area contributed by atoms with Gasteiger partial charge in [-0.1, -0.05) is 60.7 Å². The van der Waals surface area contributed by atoms with Gasteiger partial charge in [0, 0.05) is 23.7 Å². The van der Waals surface area contributed by atoms with Gasteiger partial charge in [0.05, 0.1) is 24.0 Å². The Bertz CT molecular complexity index is 1180. The summed E-state index contributed by atoms with van der Waals surface area (Å²) in [4.78, 5) is 31.1. The van der Waals surface area contributed by atoms with Gasteiger partial charge in [0.1, 0.15) is 6.10 Å². The number of hydrogen-bond donors (Lipinski definition) is 0. The first-order valence-electron chi connectivity index (χ1n) is 11.7. The summed E-state index contributed by atoms with van der Waals surface area (Å²) < 4.78 is 6.13. The Morgan fingerprint density at radius 2 is 1.68 bits per heavy atom. The number of carbonyl (C=O) groups excluding carboxylic acids is 2. The third-order valence-electron chi connectivity index (χ3n) is 6.38. The SMILES string of the molecule is CC1CN(C(=O)c2ccccc2SCC(=O)N2CCc3ccccc32)CC(c2ccccc2)O1. The molecule has 0 saturated carbocycles. The molecule has 0 spiro atoms. The van der Waals surface area contributed by atoms with Crippen molar-refractivity contribution in [3.05, 3.63) is 95.6 Å². The van der Waals surface area contributed by atoms with Gasteiger partial charge < -0.3 is 14.5 Å². The fourth-order valence-corrected chi connectivity index (χ4v) is 5.64. The zero-order valence-corrected chi connectivity index (χ0v) is 20.0. The number of morpholine rings is 1. The van der Waals surface area contributed by atoms with Crippen LogP contribution in [-0.4, -0.2) is 48.2 Å². The van der Waals surface area contributed by atoms with Gasteiger partial charge in [-0.25, -0.2) is 0 Å². The molecule has 1 fully saturated rings. The Morgan fingerprint density at radius 1 is 0.941 bits per heavy atom. The lowest BCUT2D eigenvalue weighted by Gasteiger charge is -2.37. The van der Waals surface area contributed by atoms with Crippen LogP contribution in [0.2, 0.25) is 0 Å². The lowest BCUT2D eigenvalue weighted by Crippen LogP contribution is -2.46. The summed E-state index contributed by atoms with van der Waals surface area (Å²) in [6, 6.07) is 25.7. The molecular formula is C28H28N2O3S. The zero-order valence-electron chi connectivity index (χ0n) is 19.2. The van der Waals surface area contributed by atoms with Crippen LogP contribution in [0.4, 0.5) is 5.69 Å². The van der Waals surface area contributed by atoms with E-state index < -0.39 is 0 Å². The van der Waals surface area contributed by atoms with Gasteiger partial charge >= 0.3 is 0 Å². The van der Waals surface area contributed by atoms with E-state index in [-0.39, 0.29) is 24.0 Å². The highest BCUT2D eigenvalue weighted by Crippen LogP contribution is 2.31. The minimum atomic E-state index is -0.148. The monoisotopic (exact) mass is 472 g/mol. The summed E-state index contributed by atoms with van der Waals surface area (Å²) >= 11 is 1.44. The molecule has 0 bridgehead atoms. The molecule has 2 aliphatic heterocycles. The molecule has 34 heavy (non-hydrogen) atoms. The normalized spacial score (nSPS) is 19.7. The topological polar surface area (TPSA) is 49.9 Å². The highest BCUT2D eigenvalue weighted by atomic mass is 32.2. The van der Waals surface area contributed by atoms with Crippen LogP contribution in [-0.2, 0) is 16.0 Å². The average molecular weight is 473 g/mol. The van der Waals surface area contributed by atoms with Crippen molar-refractivity contribution in [3.63, 3.8) is 0 Å². The van der Waals surface area contributed by atoms with Crippen LogP contribution < -0.4 is 4.90 Å². The van der Waals surface area contributed by atoms with E-state index in [4.69, 9.17) is 4.74 Å². The number of anilines is 1. The highest BCUT2D eigenvalue weighted by molar-refractivity contribution is 8.00. The lowest BCUT2D eigenvalue weighted by molar-refractivity contribution is -0.116. The molecule has 0 aromatic heterocycles. The predicted molar refractivity (Wildman–Crippen MR) is 135 cm³/mol. The Balaban J connectivity index is 1.29. The maximum atomic E-state index is 13.6. The summed E-state index contributed by atoms with van der Waals surface area (Å²) in [7, 11) is 0. The minimum Gasteiger partial charge on any atom is -0.367 e. The summed E-state index contributed by atoms with van der Waals surface area (Å²) in [5, 5.41) is 0. The predicted octanol–water partition coefficient (Wildman–Crippen LogP) is 4.97. The van der Waals surface area contributed by atoms with Crippen molar-refractivity contribution in [2.24, 2.45) is 0 Å². The van der Waals surface area contributed by atoms with E-state index >= 15 is 0 Å². The molecule has 0 aliphatic carbocycles. The molecule has 2 unspecified atom stereocenters. The molecule has 5 rings (SSSR count). The second kappa shape index (κ2) is 10.0. The van der Waals surface area contributed by atoms with Crippen molar-refractivity contribution in [2.75, 3.05) is 30.3 Å². The van der Waals surface area contributed by atoms with Gasteiger partial charge in [0.2, 0.25) is 5.91 Å². The van der Waals surface area contributed by atoms with Crippen LogP contribution in [0.15, 0.2) is 83.8 Å². The van der Waals surface area contributed by atoms with Crippen molar-refractivity contribution in [2.45, 2.75) is 30.4 Å². The number of hydrogen-bond acceptors (Lipinski definition) is 4. The molecule has 1 saturated heterocycles. The van der Waals surface area contributed by atoms with E-state index in [1.165, 1.54) is 17.3 Å². The lowest BCUT2D eigenvalue weighted by atomic mass is 10.1. The molecule has 2 heterocycles. The van der Waals surface area contributed by atoms with Crippen molar-refractivity contribution < 1.29 is 14.3 Å². The number of rotatable bonds is 5. The fraction of sp³-hybridized carbons (Fsp3) is 0.286. The van der Waals surface area contributed by atoms with Gasteiger partial charge in [-0.3, -0.25) is 9.59 Å². The number of fused-ring (bicyclic) bond motifs is 1. The summed E-state index contributed by atoms with van der Waals surface area (Å²) in [5.41, 5.74) is 3.94. The second-order valence-electron chi connectivity index (χ2n) is 8.77. The third kappa shape index (κ3) is 4.74. The smallest absolute Gasteiger partial charge is 0.255 e. The molecule has 3 aromatic carbocycles. The standard InChI is InChI=1S/C28H28N2O3S/c1-20-17-29(18-25(33-20)22-10-3-2-4-11-22)28(32)23-12-6-8-14-26(23)34-19-27(31)30-16-15-21-9-5-7-13-24(21)30/h2-14,20,25H,15-19H2,1H3. The number of benzene rings is 3. The summed E-state index contributed by atoms with van der Waals surface area (Å²) in [5.74, 6) is 0.351. The highest BCUT2D eigenvalue weighted by Gasteiger charge is 2.31. The second-order valence-corrected chi connectivity index (χ2v) is 9.78. The van der Waals surface area contributed by atoms with Crippen molar-refractivity contribution in [1.82, 2.24) is 4.90 Å². The molecule has 5 nitrogen and oxygen atoms in total. The van der Waals surface area contributed by atoms with E-state index in [1.807, 2.05) is 89.5 Å². The van der Waals surface area contributed by atoms with Crippen LogP contribution in [0.1, 0.15) is 34.5 Å². The first-order chi connectivity index (χ1) is 16.6. The maximum absolute atomic E-state index is 13.6. The number of amides is 2. The van der Waals surface area contributed by atoms with Crippen molar-refractivity contribution in [1.29, 1.82) is 0 Å². The van der Waals surface area contributed by atoms with Gasteiger partial charge in [-0.05, 0) is 42.7 Å². The molecule has 6 heteroatoms. The zero-order chi connectivity index (χ0) is 23.5. The molecule has 2 aliphatic rings.